The van der Waals surface area contributed by atoms with Crippen molar-refractivity contribution in [2.24, 2.45) is 5.92 Å². The van der Waals surface area contributed by atoms with Gasteiger partial charge in [-0.2, -0.15) is 0 Å². The highest BCUT2D eigenvalue weighted by atomic mass is 32.1. The fourth-order valence-corrected chi connectivity index (χ4v) is 3.69. The number of nitrogens with one attached hydrogen (secondary N) is 2. The van der Waals surface area contributed by atoms with Crippen molar-refractivity contribution < 1.29 is 14.3 Å². The Morgan fingerprint density at radius 3 is 3.00 bits per heavy atom. The summed E-state index contributed by atoms with van der Waals surface area (Å²) in [5, 5.41) is 6.78. The van der Waals surface area contributed by atoms with Crippen LogP contribution in [-0.2, 0) is 4.79 Å². The van der Waals surface area contributed by atoms with E-state index in [1.807, 2.05) is 13.1 Å². The first-order valence-electron chi connectivity index (χ1n) is 7.90. The summed E-state index contributed by atoms with van der Waals surface area (Å²) in [6.45, 7) is 2.02. The molecule has 0 spiro atoms. The van der Waals surface area contributed by atoms with Gasteiger partial charge in [-0.25, -0.2) is 4.98 Å². The van der Waals surface area contributed by atoms with Crippen molar-refractivity contribution in [2.45, 2.75) is 25.8 Å². The highest BCUT2D eigenvalue weighted by Gasteiger charge is 2.35. The molecule has 1 aliphatic carbocycles. The molecule has 6 nitrogen and oxygen atoms in total. The first-order valence-corrected chi connectivity index (χ1v) is 8.72. The number of aromatic nitrogens is 1. The Balaban J connectivity index is 1.55. The minimum atomic E-state index is -0.214. The molecular formula is C17H17N3O3S. The molecule has 1 saturated carbocycles. The highest BCUT2D eigenvalue weighted by Crippen LogP contribution is 2.42. The number of benzene rings is 1. The third-order valence-electron chi connectivity index (χ3n) is 4.16. The molecule has 24 heavy (non-hydrogen) atoms. The van der Waals surface area contributed by atoms with Gasteiger partial charge in [0.1, 0.15) is 10.8 Å². The Kier molecular flexibility index (Phi) is 3.72. The number of carbonyl (C=O) groups excluding carboxylic acids is 2. The number of amides is 2. The number of nitrogens with zero attached hydrogens (tertiary/aromatic N) is 1. The average molecular weight is 343 g/mol. The van der Waals surface area contributed by atoms with E-state index in [-0.39, 0.29) is 24.5 Å². The first kappa shape index (κ1) is 15.1. The van der Waals surface area contributed by atoms with Crippen LogP contribution in [0.4, 0.5) is 5.69 Å². The van der Waals surface area contributed by atoms with E-state index in [1.165, 1.54) is 0 Å². The number of aryl methyl sites for hydroxylation is 1. The van der Waals surface area contributed by atoms with Crippen molar-refractivity contribution >= 4 is 28.8 Å². The Bertz CT molecular complexity index is 813. The van der Waals surface area contributed by atoms with Gasteiger partial charge in [0, 0.05) is 16.6 Å². The molecule has 1 aliphatic heterocycles. The van der Waals surface area contributed by atoms with Crippen LogP contribution in [0, 0.1) is 12.8 Å². The van der Waals surface area contributed by atoms with Crippen LogP contribution in [0.2, 0.25) is 0 Å². The fraction of sp³-hybridized carbons (Fsp3) is 0.353. The molecule has 7 heteroatoms. The van der Waals surface area contributed by atoms with Gasteiger partial charge in [-0.15, -0.1) is 11.3 Å². The summed E-state index contributed by atoms with van der Waals surface area (Å²) in [7, 11) is 0. The minimum absolute atomic E-state index is 0.00565. The van der Waals surface area contributed by atoms with Crippen molar-refractivity contribution in [2.75, 3.05) is 11.9 Å². The quantitative estimate of drug-likeness (QED) is 0.894. The van der Waals surface area contributed by atoms with Crippen LogP contribution in [0.5, 0.6) is 5.75 Å². The number of hydrogen-bond donors (Lipinski definition) is 2. The van der Waals surface area contributed by atoms with Crippen molar-refractivity contribution in [1.82, 2.24) is 10.3 Å². The third kappa shape index (κ3) is 2.99. The second-order valence-electron chi connectivity index (χ2n) is 6.15. The van der Waals surface area contributed by atoms with Crippen molar-refractivity contribution in [3.63, 3.8) is 0 Å². The van der Waals surface area contributed by atoms with E-state index in [9.17, 15) is 9.59 Å². The lowest BCUT2D eigenvalue weighted by molar-refractivity contribution is -0.118. The predicted molar refractivity (Wildman–Crippen MR) is 90.3 cm³/mol. The van der Waals surface area contributed by atoms with Crippen LogP contribution < -0.4 is 15.4 Å². The van der Waals surface area contributed by atoms with Gasteiger partial charge in [0.05, 0.1) is 11.7 Å². The maximum atomic E-state index is 12.6. The van der Waals surface area contributed by atoms with E-state index >= 15 is 0 Å². The number of hydrogen-bond acceptors (Lipinski definition) is 5. The number of fused-ring (bicyclic) bond motifs is 1. The SMILES string of the molecule is Cc1cnc(C(NC(=O)c2ccc3c(c2)NC(=O)CO3)C2CC2)s1. The van der Waals surface area contributed by atoms with E-state index in [1.54, 1.807) is 29.5 Å². The fourth-order valence-electron chi connectivity index (χ4n) is 2.78. The Hall–Kier alpha value is -2.41. The van der Waals surface area contributed by atoms with Crippen LogP contribution >= 0.6 is 11.3 Å². The Morgan fingerprint density at radius 2 is 2.29 bits per heavy atom. The maximum absolute atomic E-state index is 12.6. The summed E-state index contributed by atoms with van der Waals surface area (Å²) < 4.78 is 5.32. The molecule has 1 unspecified atom stereocenters. The Morgan fingerprint density at radius 1 is 1.46 bits per heavy atom. The van der Waals surface area contributed by atoms with Crippen molar-refractivity contribution in [3.05, 3.63) is 39.8 Å². The lowest BCUT2D eigenvalue weighted by atomic mass is 10.1. The van der Waals surface area contributed by atoms with Gasteiger partial charge in [-0.05, 0) is 43.9 Å². The number of ether oxygens (including phenoxy) is 1. The van der Waals surface area contributed by atoms with Crippen molar-refractivity contribution in [1.29, 1.82) is 0 Å². The summed E-state index contributed by atoms with van der Waals surface area (Å²) in [6.07, 6.45) is 4.06. The monoisotopic (exact) mass is 343 g/mol. The molecule has 2 aromatic rings. The van der Waals surface area contributed by atoms with Gasteiger partial charge < -0.3 is 15.4 Å². The van der Waals surface area contributed by atoms with E-state index in [0.717, 1.165) is 22.7 Å². The number of carbonyl (C=O) groups is 2. The zero-order chi connectivity index (χ0) is 16.7. The molecule has 2 amide bonds. The molecular weight excluding hydrogens is 326 g/mol. The van der Waals surface area contributed by atoms with Crippen LogP contribution in [-0.4, -0.2) is 23.4 Å². The molecule has 1 aromatic heterocycles. The summed E-state index contributed by atoms with van der Waals surface area (Å²) in [4.78, 5) is 29.6. The second-order valence-corrected chi connectivity index (χ2v) is 7.41. The molecule has 2 heterocycles. The smallest absolute Gasteiger partial charge is 0.262 e. The van der Waals surface area contributed by atoms with E-state index in [0.29, 0.717) is 22.9 Å². The van der Waals surface area contributed by atoms with Crippen LogP contribution in [0.15, 0.2) is 24.4 Å². The topological polar surface area (TPSA) is 80.3 Å². The van der Waals surface area contributed by atoms with E-state index in [4.69, 9.17) is 4.74 Å². The predicted octanol–water partition coefficient (Wildman–Crippen LogP) is 2.66. The van der Waals surface area contributed by atoms with Crippen molar-refractivity contribution in [3.8, 4) is 5.75 Å². The van der Waals surface area contributed by atoms with Crippen LogP contribution in [0.3, 0.4) is 0 Å². The molecule has 4 rings (SSSR count). The van der Waals surface area contributed by atoms with Gasteiger partial charge in [-0.1, -0.05) is 0 Å². The number of anilines is 1. The normalized spacial score (nSPS) is 17.5. The average Bonchev–Trinajstić information content (AvgIpc) is 3.32. The Labute approximate surface area is 143 Å². The molecule has 2 N–H and O–H groups in total. The maximum Gasteiger partial charge on any atom is 0.262 e. The standard InChI is InChI=1S/C17H17N3O3S/c1-9-7-18-17(24-9)15(10-2-3-10)20-16(22)11-4-5-13-12(6-11)19-14(21)8-23-13/h4-7,10,15H,2-3,8H2,1H3,(H,19,21)(H,20,22). The molecule has 1 fully saturated rings. The summed E-state index contributed by atoms with van der Waals surface area (Å²) in [5.74, 6) is 0.664. The number of thiazole rings is 1. The van der Waals surface area contributed by atoms with Crippen LogP contribution in [0.25, 0.3) is 0 Å². The molecule has 124 valence electrons. The lowest BCUT2D eigenvalue weighted by Gasteiger charge is -2.19. The highest BCUT2D eigenvalue weighted by molar-refractivity contribution is 7.11. The molecule has 0 bridgehead atoms. The molecule has 0 radical (unpaired) electrons. The molecule has 1 aromatic carbocycles. The molecule has 0 saturated heterocycles. The molecule has 1 atom stereocenters. The van der Waals surface area contributed by atoms with Gasteiger partial charge >= 0.3 is 0 Å². The summed E-state index contributed by atoms with van der Waals surface area (Å²) in [5.41, 5.74) is 1.03. The van der Waals surface area contributed by atoms with Crippen LogP contribution in [0.1, 0.15) is 39.1 Å². The minimum Gasteiger partial charge on any atom is -0.482 e. The largest absolute Gasteiger partial charge is 0.482 e. The van der Waals surface area contributed by atoms with Gasteiger partial charge in [0.15, 0.2) is 6.61 Å². The van der Waals surface area contributed by atoms with Gasteiger partial charge in [0.25, 0.3) is 11.8 Å². The van der Waals surface area contributed by atoms with E-state index < -0.39 is 0 Å². The van der Waals surface area contributed by atoms with Gasteiger partial charge in [0.2, 0.25) is 0 Å². The zero-order valence-corrected chi connectivity index (χ0v) is 14.0. The number of rotatable bonds is 4. The van der Waals surface area contributed by atoms with E-state index in [2.05, 4.69) is 15.6 Å². The zero-order valence-electron chi connectivity index (χ0n) is 13.2. The summed E-state index contributed by atoms with van der Waals surface area (Å²) >= 11 is 1.62. The van der Waals surface area contributed by atoms with Gasteiger partial charge in [-0.3, -0.25) is 9.59 Å². The molecule has 2 aliphatic rings. The third-order valence-corrected chi connectivity index (χ3v) is 5.16. The first-order chi connectivity index (χ1) is 11.6. The summed E-state index contributed by atoms with van der Waals surface area (Å²) in [6, 6.07) is 5.03. The lowest BCUT2D eigenvalue weighted by Crippen LogP contribution is -2.30. The second kappa shape index (κ2) is 5.90.